The minimum atomic E-state index is -1.05. The van der Waals surface area contributed by atoms with Crippen LogP contribution >= 0.6 is 8.60 Å². The third-order valence-electron chi connectivity index (χ3n) is 0.447. The van der Waals surface area contributed by atoms with Gasteiger partial charge in [0.1, 0.15) is 0 Å². The molecular weight excluding hydrogens is 129 g/mol. The van der Waals surface area contributed by atoms with Gasteiger partial charge < -0.3 is 19.7 Å². The molecule has 0 radical (unpaired) electrons. The summed E-state index contributed by atoms with van der Waals surface area (Å²) in [5.74, 6) is 0. The van der Waals surface area contributed by atoms with Crippen LogP contribution in [0.25, 0.3) is 0 Å². The summed E-state index contributed by atoms with van der Waals surface area (Å²) in [6.07, 6.45) is 0. The summed E-state index contributed by atoms with van der Waals surface area (Å²) in [5, 5.41) is 0. The first kappa shape index (κ1) is 11.1. The van der Waals surface area contributed by atoms with E-state index in [4.69, 9.17) is 0 Å². The molecule has 3 N–H and O–H groups in total. The maximum Gasteiger partial charge on any atom is 0.331 e. The van der Waals surface area contributed by atoms with Crippen LogP contribution in [-0.2, 0) is 13.6 Å². The van der Waals surface area contributed by atoms with Crippen LogP contribution in [0.15, 0.2) is 0 Å². The van der Waals surface area contributed by atoms with Crippen LogP contribution in [0, 0.1) is 0 Å². The highest BCUT2D eigenvalue weighted by Gasteiger charge is 2.00. The van der Waals surface area contributed by atoms with Gasteiger partial charge in [-0.2, -0.15) is 0 Å². The summed E-state index contributed by atoms with van der Waals surface area (Å²) in [5.41, 5.74) is 0. The molecule has 0 aromatic heterocycles. The molecule has 0 atom stereocenters. The van der Waals surface area contributed by atoms with E-state index in [9.17, 15) is 0 Å². The van der Waals surface area contributed by atoms with E-state index in [1.165, 1.54) is 0 Å². The molecule has 0 saturated carbocycles. The van der Waals surface area contributed by atoms with Crippen molar-refractivity contribution < 1.29 is 13.6 Å². The first-order valence-electron chi connectivity index (χ1n) is 1.77. The highest BCUT2D eigenvalue weighted by Crippen LogP contribution is 2.35. The quantitative estimate of drug-likeness (QED) is 0.602. The van der Waals surface area contributed by atoms with Crippen molar-refractivity contribution in [1.82, 2.24) is 6.15 Å². The summed E-state index contributed by atoms with van der Waals surface area (Å²) >= 11 is 0. The Hall–Kier alpha value is 0.270. The summed E-state index contributed by atoms with van der Waals surface area (Å²) < 4.78 is 14.0. The van der Waals surface area contributed by atoms with Crippen molar-refractivity contribution in [3.05, 3.63) is 0 Å². The molecule has 0 spiro atoms. The van der Waals surface area contributed by atoms with Crippen LogP contribution < -0.4 is 6.15 Å². The first-order chi connectivity index (χ1) is 3.35. The average molecular weight is 141 g/mol. The fourth-order valence-electron chi connectivity index (χ4n) is 0.224. The molecule has 8 heavy (non-hydrogen) atoms. The van der Waals surface area contributed by atoms with Gasteiger partial charge in [0.05, 0.1) is 0 Å². The topological polar surface area (TPSA) is 62.7 Å². The summed E-state index contributed by atoms with van der Waals surface area (Å²) in [4.78, 5) is 0. The predicted octanol–water partition coefficient (Wildman–Crippen LogP) is 1.31. The summed E-state index contributed by atoms with van der Waals surface area (Å²) in [6.45, 7) is 0. The standard InChI is InChI=1S/C3H9O3P.H3N/c1-4-7(5-2)6-3;/h1-3H3;1H3. The van der Waals surface area contributed by atoms with Crippen molar-refractivity contribution in [1.29, 1.82) is 0 Å². The van der Waals surface area contributed by atoms with Gasteiger partial charge in [-0.1, -0.05) is 0 Å². The van der Waals surface area contributed by atoms with Crippen LogP contribution in [-0.4, -0.2) is 21.3 Å². The average Bonchev–Trinajstić information content (AvgIpc) is 1.72. The molecule has 0 amide bonds. The smallest absolute Gasteiger partial charge is 0.331 e. The lowest BCUT2D eigenvalue weighted by Gasteiger charge is -2.05. The molecule has 0 bridgehead atoms. The van der Waals surface area contributed by atoms with Crippen molar-refractivity contribution in [2.75, 3.05) is 21.3 Å². The second-order valence-electron chi connectivity index (χ2n) is 0.771. The SMILES string of the molecule is COP(OC)OC.N. The lowest BCUT2D eigenvalue weighted by molar-refractivity contribution is 0.239. The van der Waals surface area contributed by atoms with Gasteiger partial charge in [-0.25, -0.2) is 0 Å². The molecule has 4 nitrogen and oxygen atoms in total. The molecule has 0 aromatic carbocycles. The molecule has 5 heteroatoms. The van der Waals surface area contributed by atoms with E-state index in [0.29, 0.717) is 0 Å². The van der Waals surface area contributed by atoms with Gasteiger partial charge in [0.2, 0.25) is 0 Å². The zero-order valence-electron chi connectivity index (χ0n) is 5.38. The molecule has 0 fully saturated rings. The second kappa shape index (κ2) is 7.27. The van der Waals surface area contributed by atoms with Gasteiger partial charge in [0, 0.05) is 21.3 Å². The Morgan fingerprint density at radius 2 is 1.12 bits per heavy atom. The van der Waals surface area contributed by atoms with Crippen LogP contribution in [0.3, 0.4) is 0 Å². The van der Waals surface area contributed by atoms with E-state index >= 15 is 0 Å². The van der Waals surface area contributed by atoms with E-state index in [1.807, 2.05) is 0 Å². The molecule has 0 aliphatic carbocycles. The third-order valence-corrected chi connectivity index (χ3v) is 1.34. The Balaban J connectivity index is 0. The van der Waals surface area contributed by atoms with Gasteiger partial charge in [-0.05, 0) is 0 Å². The fraction of sp³-hybridized carbons (Fsp3) is 1.00. The van der Waals surface area contributed by atoms with Crippen LogP contribution in [0.5, 0.6) is 0 Å². The van der Waals surface area contributed by atoms with Crippen molar-refractivity contribution in [2.45, 2.75) is 0 Å². The third kappa shape index (κ3) is 4.43. The largest absolute Gasteiger partial charge is 0.344 e. The zero-order chi connectivity index (χ0) is 5.70. The van der Waals surface area contributed by atoms with E-state index in [-0.39, 0.29) is 6.15 Å². The molecule has 0 saturated heterocycles. The molecule has 0 aliphatic rings. The van der Waals surface area contributed by atoms with Crippen LogP contribution in [0.2, 0.25) is 0 Å². The second-order valence-corrected chi connectivity index (χ2v) is 2.31. The van der Waals surface area contributed by atoms with E-state index < -0.39 is 8.60 Å². The van der Waals surface area contributed by atoms with Crippen LogP contribution in [0.1, 0.15) is 0 Å². The van der Waals surface area contributed by atoms with Gasteiger partial charge in [0.25, 0.3) is 0 Å². The molecule has 0 heterocycles. The van der Waals surface area contributed by atoms with Gasteiger partial charge in [-0.15, -0.1) is 0 Å². The Morgan fingerprint density at radius 1 is 0.875 bits per heavy atom. The van der Waals surface area contributed by atoms with E-state index in [1.54, 1.807) is 21.3 Å². The highest BCUT2D eigenvalue weighted by atomic mass is 31.2. The summed E-state index contributed by atoms with van der Waals surface area (Å²) in [6, 6.07) is 0. The monoisotopic (exact) mass is 141 g/mol. The number of hydrogen-bond donors (Lipinski definition) is 1. The number of hydrogen-bond acceptors (Lipinski definition) is 4. The minimum absolute atomic E-state index is 0. The van der Waals surface area contributed by atoms with Crippen molar-refractivity contribution in [3.63, 3.8) is 0 Å². The zero-order valence-corrected chi connectivity index (χ0v) is 6.27. The molecule has 0 rings (SSSR count). The minimum Gasteiger partial charge on any atom is -0.344 e. The van der Waals surface area contributed by atoms with Crippen molar-refractivity contribution in [3.8, 4) is 0 Å². The fourth-order valence-corrected chi connectivity index (χ4v) is 0.671. The molecule has 0 aliphatic heterocycles. The predicted molar refractivity (Wildman–Crippen MR) is 33.0 cm³/mol. The summed E-state index contributed by atoms with van der Waals surface area (Å²) in [7, 11) is 3.57. The molecule has 0 unspecified atom stereocenters. The lowest BCUT2D eigenvalue weighted by atomic mass is 11.8. The Kier molecular flexibility index (Phi) is 10.1. The van der Waals surface area contributed by atoms with Gasteiger partial charge in [0.15, 0.2) is 0 Å². The van der Waals surface area contributed by atoms with Gasteiger partial charge in [-0.3, -0.25) is 0 Å². The number of rotatable bonds is 3. The Morgan fingerprint density at radius 3 is 1.12 bits per heavy atom. The highest BCUT2D eigenvalue weighted by molar-refractivity contribution is 7.41. The molecular formula is C3H12NO3P. The van der Waals surface area contributed by atoms with E-state index in [0.717, 1.165) is 0 Å². The maximum absolute atomic E-state index is 4.67. The van der Waals surface area contributed by atoms with Crippen molar-refractivity contribution in [2.24, 2.45) is 0 Å². The normalized spacial score (nSPS) is 9.00. The van der Waals surface area contributed by atoms with E-state index in [2.05, 4.69) is 13.6 Å². The van der Waals surface area contributed by atoms with Crippen LogP contribution in [0.4, 0.5) is 0 Å². The molecule has 0 aromatic rings. The molecule has 52 valence electrons. The Labute approximate surface area is 50.7 Å². The van der Waals surface area contributed by atoms with Crippen molar-refractivity contribution >= 4 is 8.60 Å². The van der Waals surface area contributed by atoms with Gasteiger partial charge >= 0.3 is 8.60 Å². The lowest BCUT2D eigenvalue weighted by Crippen LogP contribution is -1.81. The maximum atomic E-state index is 4.67. The first-order valence-corrected chi connectivity index (χ1v) is 2.87. The Bertz CT molecular complexity index is 36.0.